The van der Waals surface area contributed by atoms with Crippen LogP contribution >= 0.6 is 0 Å². The molecule has 0 aliphatic rings. The van der Waals surface area contributed by atoms with Crippen LogP contribution in [0.5, 0.6) is 0 Å². The van der Waals surface area contributed by atoms with Crippen molar-refractivity contribution >= 4 is 22.3 Å². The molecule has 1 aromatic carbocycles. The van der Waals surface area contributed by atoms with Crippen LogP contribution in [0.15, 0.2) is 40.3 Å². The van der Waals surface area contributed by atoms with E-state index in [1.54, 1.807) is 12.0 Å². The summed E-state index contributed by atoms with van der Waals surface area (Å²) in [6.07, 6.45) is -4.55. The van der Waals surface area contributed by atoms with E-state index >= 15 is 4.39 Å². The highest BCUT2D eigenvalue weighted by atomic mass is 19.4. The summed E-state index contributed by atoms with van der Waals surface area (Å²) in [5, 5.41) is 7.11. The maximum absolute atomic E-state index is 15.0. The molecule has 16 heteroatoms. The maximum atomic E-state index is 15.0. The van der Waals surface area contributed by atoms with E-state index in [2.05, 4.69) is 20.4 Å². The highest BCUT2D eigenvalue weighted by Crippen LogP contribution is 2.32. The summed E-state index contributed by atoms with van der Waals surface area (Å²) in [4.78, 5) is 31.8. The second-order valence-corrected chi connectivity index (χ2v) is 8.84. The summed E-state index contributed by atoms with van der Waals surface area (Å²) >= 11 is 0. The standard InChI is InChI=1S/C24H20F7N7O2/c1-10(35-14-9-34-37-22(39)16(14)24(29,30)31)3-2-5-38-6-4-11-7-12(17(25)18(26)15(11)23(38)40)21-33-8-13(19(27)28)20(32)36-21/h4,6-10,19H,2-3,5H2,1H3,(H2,32,33,36)(H2,35,37,39)/t10-/m0/s1. The van der Waals surface area contributed by atoms with Crippen molar-refractivity contribution in [3.05, 3.63) is 74.2 Å². The van der Waals surface area contributed by atoms with Crippen LogP contribution in [0.25, 0.3) is 22.2 Å². The molecule has 212 valence electrons. The molecule has 0 radical (unpaired) electrons. The number of halogens is 7. The Balaban J connectivity index is 1.53. The number of nitrogen functional groups attached to an aromatic ring is 1. The summed E-state index contributed by atoms with van der Waals surface area (Å²) < 4.78 is 96.6. The number of alkyl halides is 5. The van der Waals surface area contributed by atoms with Gasteiger partial charge in [-0.2, -0.15) is 18.3 Å². The summed E-state index contributed by atoms with van der Waals surface area (Å²) in [6.45, 7) is 1.57. The number of nitrogens with two attached hydrogens (primary N) is 1. The van der Waals surface area contributed by atoms with Crippen LogP contribution in [0.4, 0.5) is 42.2 Å². The van der Waals surface area contributed by atoms with Gasteiger partial charge in [-0.05, 0) is 37.3 Å². The number of aromatic nitrogens is 5. The van der Waals surface area contributed by atoms with E-state index in [-0.39, 0.29) is 24.8 Å². The van der Waals surface area contributed by atoms with Crippen LogP contribution in [0.2, 0.25) is 0 Å². The van der Waals surface area contributed by atoms with Crippen molar-refractivity contribution < 1.29 is 30.7 Å². The van der Waals surface area contributed by atoms with E-state index in [1.165, 1.54) is 12.3 Å². The summed E-state index contributed by atoms with van der Waals surface area (Å²) in [6, 6.07) is 1.84. The van der Waals surface area contributed by atoms with Gasteiger partial charge in [0.15, 0.2) is 17.5 Å². The molecular formula is C24H20F7N7O2. The Hall–Kier alpha value is -4.50. The van der Waals surface area contributed by atoms with Gasteiger partial charge >= 0.3 is 6.18 Å². The van der Waals surface area contributed by atoms with Crippen molar-refractivity contribution in [1.82, 2.24) is 24.7 Å². The van der Waals surface area contributed by atoms with Crippen LogP contribution in [-0.2, 0) is 12.7 Å². The smallest absolute Gasteiger partial charge is 0.383 e. The number of hydrogen-bond acceptors (Lipinski definition) is 7. The third-order valence-corrected chi connectivity index (χ3v) is 6.05. The zero-order valence-electron chi connectivity index (χ0n) is 20.5. The van der Waals surface area contributed by atoms with E-state index in [4.69, 9.17) is 5.73 Å². The Morgan fingerprint density at radius 1 is 1.15 bits per heavy atom. The Kier molecular flexibility index (Phi) is 7.79. The van der Waals surface area contributed by atoms with Crippen LogP contribution in [-0.4, -0.2) is 30.8 Å². The second kappa shape index (κ2) is 10.9. The number of nitrogens with one attached hydrogen (secondary N) is 2. The summed E-state index contributed by atoms with van der Waals surface area (Å²) in [5.74, 6) is -4.03. The zero-order chi connectivity index (χ0) is 29.4. The quantitative estimate of drug-likeness (QED) is 0.263. The molecule has 40 heavy (non-hydrogen) atoms. The SMILES string of the molecule is C[C@@H](CCCn1ccc2cc(-c3ncc(C(F)F)c(N)n3)c(F)c(F)c2c1=O)Nc1cn[nH]c(=O)c1C(F)(F)F. The third-order valence-electron chi connectivity index (χ3n) is 6.05. The highest BCUT2D eigenvalue weighted by Gasteiger charge is 2.37. The largest absolute Gasteiger partial charge is 0.423 e. The fourth-order valence-corrected chi connectivity index (χ4v) is 4.11. The topological polar surface area (TPSA) is 132 Å². The fraction of sp³-hybridized carbons (Fsp3) is 0.292. The van der Waals surface area contributed by atoms with Gasteiger partial charge in [0.25, 0.3) is 17.5 Å². The summed E-state index contributed by atoms with van der Waals surface area (Å²) in [7, 11) is 0. The first-order valence-electron chi connectivity index (χ1n) is 11.6. The second-order valence-electron chi connectivity index (χ2n) is 8.84. The van der Waals surface area contributed by atoms with E-state index in [0.717, 1.165) is 16.8 Å². The Morgan fingerprint density at radius 3 is 2.52 bits per heavy atom. The minimum atomic E-state index is -4.91. The first-order valence-corrected chi connectivity index (χ1v) is 11.6. The number of anilines is 2. The lowest BCUT2D eigenvalue weighted by Crippen LogP contribution is -2.27. The highest BCUT2D eigenvalue weighted by molar-refractivity contribution is 5.86. The number of pyridine rings is 1. The van der Waals surface area contributed by atoms with Gasteiger partial charge < -0.3 is 15.6 Å². The van der Waals surface area contributed by atoms with Gasteiger partial charge in [-0.1, -0.05) is 0 Å². The van der Waals surface area contributed by atoms with E-state index in [0.29, 0.717) is 6.20 Å². The fourth-order valence-electron chi connectivity index (χ4n) is 4.11. The van der Waals surface area contributed by atoms with Gasteiger partial charge in [-0.15, -0.1) is 0 Å². The van der Waals surface area contributed by atoms with Crippen molar-refractivity contribution in [3.63, 3.8) is 0 Å². The molecule has 1 atom stereocenters. The predicted molar refractivity (Wildman–Crippen MR) is 131 cm³/mol. The summed E-state index contributed by atoms with van der Waals surface area (Å²) in [5.41, 5.74) is 0.125. The van der Waals surface area contributed by atoms with Crippen molar-refractivity contribution in [3.8, 4) is 11.4 Å². The zero-order valence-corrected chi connectivity index (χ0v) is 20.5. The van der Waals surface area contributed by atoms with Gasteiger partial charge in [0.1, 0.15) is 11.4 Å². The molecule has 0 spiro atoms. The number of aryl methyl sites for hydroxylation is 1. The Bertz CT molecular complexity index is 1690. The molecule has 0 bridgehead atoms. The molecule has 0 aliphatic carbocycles. The monoisotopic (exact) mass is 571 g/mol. The number of rotatable bonds is 8. The van der Waals surface area contributed by atoms with E-state index in [9.17, 15) is 35.9 Å². The Morgan fingerprint density at radius 2 is 1.88 bits per heavy atom. The van der Waals surface area contributed by atoms with Crippen LogP contribution in [0.3, 0.4) is 0 Å². The number of benzene rings is 1. The lowest BCUT2D eigenvalue weighted by molar-refractivity contribution is -0.138. The van der Waals surface area contributed by atoms with E-state index < -0.39 is 80.8 Å². The van der Waals surface area contributed by atoms with Crippen LogP contribution in [0.1, 0.15) is 37.3 Å². The van der Waals surface area contributed by atoms with Gasteiger partial charge in [-0.3, -0.25) is 9.59 Å². The third kappa shape index (κ3) is 5.60. The molecule has 4 rings (SSSR count). The molecule has 4 aromatic rings. The molecule has 3 aromatic heterocycles. The molecule has 3 heterocycles. The molecule has 0 aliphatic heterocycles. The average molecular weight is 571 g/mol. The number of aromatic amines is 1. The molecule has 9 nitrogen and oxygen atoms in total. The normalized spacial score (nSPS) is 12.7. The number of nitrogens with zero attached hydrogens (tertiary/aromatic N) is 4. The lowest BCUT2D eigenvalue weighted by Gasteiger charge is -2.18. The molecule has 0 amide bonds. The average Bonchev–Trinajstić information content (AvgIpc) is 2.86. The van der Waals surface area contributed by atoms with Crippen LogP contribution in [0, 0.1) is 11.6 Å². The number of hydrogen-bond donors (Lipinski definition) is 3. The minimum absolute atomic E-state index is 0.00762. The lowest BCUT2D eigenvalue weighted by atomic mass is 10.1. The molecule has 0 fully saturated rings. The molecule has 0 unspecified atom stereocenters. The van der Waals surface area contributed by atoms with Crippen LogP contribution < -0.4 is 22.2 Å². The predicted octanol–water partition coefficient (Wildman–Crippen LogP) is 4.64. The molecule has 4 N–H and O–H groups in total. The van der Waals surface area contributed by atoms with Crippen molar-refractivity contribution in [2.45, 2.75) is 45.0 Å². The van der Waals surface area contributed by atoms with Gasteiger partial charge in [-0.25, -0.2) is 32.6 Å². The maximum Gasteiger partial charge on any atom is 0.423 e. The van der Waals surface area contributed by atoms with Crippen molar-refractivity contribution in [2.75, 3.05) is 11.1 Å². The first-order chi connectivity index (χ1) is 18.8. The molecular weight excluding hydrogens is 551 g/mol. The van der Waals surface area contributed by atoms with Crippen molar-refractivity contribution in [2.24, 2.45) is 0 Å². The number of H-pyrrole nitrogens is 1. The molecule has 0 saturated heterocycles. The number of fused-ring (bicyclic) bond motifs is 1. The van der Waals surface area contributed by atoms with Gasteiger partial charge in [0, 0.05) is 25.0 Å². The minimum Gasteiger partial charge on any atom is -0.383 e. The van der Waals surface area contributed by atoms with Crippen molar-refractivity contribution in [1.29, 1.82) is 0 Å². The Labute approximate surface area is 219 Å². The van der Waals surface area contributed by atoms with E-state index in [1.807, 2.05) is 0 Å². The molecule has 0 saturated carbocycles. The first kappa shape index (κ1) is 28.5. The van der Waals surface area contributed by atoms with Gasteiger partial charge in [0.05, 0.1) is 28.4 Å². The van der Waals surface area contributed by atoms with Gasteiger partial charge in [0.2, 0.25) is 0 Å².